The van der Waals surface area contributed by atoms with E-state index in [1.807, 2.05) is 0 Å². The van der Waals surface area contributed by atoms with Gasteiger partial charge in [-0.25, -0.2) is 0 Å². The zero-order chi connectivity index (χ0) is 8.10. The highest BCUT2D eigenvalue weighted by atomic mass is 15.2. The minimum absolute atomic E-state index is 0.530. The summed E-state index contributed by atoms with van der Waals surface area (Å²) in [6.45, 7) is 4.58. The molecule has 62 valence electrons. The second-order valence-electron chi connectivity index (χ2n) is 3.17. The minimum atomic E-state index is 0.530. The molecule has 0 aromatic carbocycles. The first-order valence-corrected chi connectivity index (χ1v) is 4.49. The second kappa shape index (κ2) is 4.35. The number of nitriles is 1. The van der Waals surface area contributed by atoms with Crippen LogP contribution in [0.5, 0.6) is 0 Å². The van der Waals surface area contributed by atoms with E-state index >= 15 is 0 Å². The summed E-state index contributed by atoms with van der Waals surface area (Å²) in [5.41, 5.74) is 0. The molecule has 1 unspecified atom stereocenters. The van der Waals surface area contributed by atoms with Gasteiger partial charge in [0.25, 0.3) is 0 Å². The summed E-state index contributed by atoms with van der Waals surface area (Å²) >= 11 is 0. The molecule has 0 N–H and O–H groups in total. The van der Waals surface area contributed by atoms with Crippen LogP contribution in [0.2, 0.25) is 0 Å². The molecular formula is C9H16N2. The van der Waals surface area contributed by atoms with Gasteiger partial charge in [0.1, 0.15) is 0 Å². The maximum absolute atomic E-state index is 8.55. The smallest absolute Gasteiger partial charge is 0.0638 e. The van der Waals surface area contributed by atoms with Crippen molar-refractivity contribution in [3.63, 3.8) is 0 Å². The van der Waals surface area contributed by atoms with Crippen LogP contribution in [0.25, 0.3) is 0 Å². The van der Waals surface area contributed by atoms with Gasteiger partial charge in [-0.2, -0.15) is 5.26 Å². The number of likely N-dealkylation sites (tertiary alicyclic amines) is 1. The van der Waals surface area contributed by atoms with E-state index in [4.69, 9.17) is 5.26 Å². The first-order valence-electron chi connectivity index (χ1n) is 4.49. The van der Waals surface area contributed by atoms with Crippen molar-refractivity contribution in [1.29, 1.82) is 5.26 Å². The molecule has 1 heterocycles. The molecule has 0 aliphatic carbocycles. The second-order valence-corrected chi connectivity index (χ2v) is 3.17. The van der Waals surface area contributed by atoms with E-state index in [9.17, 15) is 0 Å². The standard InChI is InChI=1S/C9H16N2/c1-2-9(5-6-10)11-7-3-4-8-11/h9H,2-5,7-8H2,1H3. The van der Waals surface area contributed by atoms with Gasteiger partial charge in [0.15, 0.2) is 0 Å². The van der Waals surface area contributed by atoms with Crippen LogP contribution in [-0.4, -0.2) is 24.0 Å². The maximum atomic E-state index is 8.55. The lowest BCUT2D eigenvalue weighted by molar-refractivity contribution is 0.239. The molecule has 0 aromatic heterocycles. The Morgan fingerprint density at radius 3 is 2.55 bits per heavy atom. The van der Waals surface area contributed by atoms with E-state index < -0.39 is 0 Å². The van der Waals surface area contributed by atoms with Gasteiger partial charge in [-0.3, -0.25) is 4.90 Å². The molecule has 1 saturated heterocycles. The summed E-state index contributed by atoms with van der Waals surface area (Å²) in [5, 5.41) is 8.55. The van der Waals surface area contributed by atoms with Gasteiger partial charge >= 0.3 is 0 Å². The van der Waals surface area contributed by atoms with Crippen LogP contribution in [-0.2, 0) is 0 Å². The average molecular weight is 152 g/mol. The van der Waals surface area contributed by atoms with Crippen molar-refractivity contribution in [2.24, 2.45) is 0 Å². The average Bonchev–Trinajstić information content (AvgIpc) is 2.52. The van der Waals surface area contributed by atoms with Gasteiger partial charge in [0.2, 0.25) is 0 Å². The molecule has 0 bridgehead atoms. The van der Waals surface area contributed by atoms with E-state index in [2.05, 4.69) is 17.9 Å². The lowest BCUT2D eigenvalue weighted by Crippen LogP contribution is -2.31. The third kappa shape index (κ3) is 2.20. The zero-order valence-electron chi connectivity index (χ0n) is 7.21. The molecule has 0 radical (unpaired) electrons. The van der Waals surface area contributed by atoms with Crippen LogP contribution in [0.3, 0.4) is 0 Å². The summed E-state index contributed by atoms with van der Waals surface area (Å²) < 4.78 is 0. The van der Waals surface area contributed by atoms with E-state index in [-0.39, 0.29) is 0 Å². The van der Waals surface area contributed by atoms with Crippen LogP contribution >= 0.6 is 0 Å². The Labute approximate surface area is 68.8 Å². The van der Waals surface area contributed by atoms with Crippen molar-refractivity contribution in [2.75, 3.05) is 13.1 Å². The van der Waals surface area contributed by atoms with E-state index in [1.54, 1.807) is 0 Å². The first-order chi connectivity index (χ1) is 5.38. The lowest BCUT2D eigenvalue weighted by atomic mass is 10.1. The Balaban J connectivity index is 2.34. The van der Waals surface area contributed by atoms with Crippen molar-refractivity contribution in [3.8, 4) is 6.07 Å². The Morgan fingerprint density at radius 2 is 2.09 bits per heavy atom. The van der Waals surface area contributed by atoms with Gasteiger partial charge in [-0.05, 0) is 32.4 Å². The topological polar surface area (TPSA) is 27.0 Å². The van der Waals surface area contributed by atoms with Crippen molar-refractivity contribution >= 4 is 0 Å². The number of hydrogen-bond donors (Lipinski definition) is 0. The Bertz CT molecular complexity index is 142. The Hall–Kier alpha value is -0.550. The van der Waals surface area contributed by atoms with Crippen LogP contribution in [0.4, 0.5) is 0 Å². The zero-order valence-corrected chi connectivity index (χ0v) is 7.21. The molecule has 0 amide bonds. The molecule has 1 fully saturated rings. The summed E-state index contributed by atoms with van der Waals surface area (Å²) in [6.07, 6.45) is 4.47. The first kappa shape index (κ1) is 8.55. The molecule has 1 rings (SSSR count). The predicted octanol–water partition coefficient (Wildman–Crippen LogP) is 1.77. The summed E-state index contributed by atoms with van der Waals surface area (Å²) in [6, 6.07) is 2.78. The summed E-state index contributed by atoms with van der Waals surface area (Å²) in [5.74, 6) is 0. The normalized spacial score (nSPS) is 21.5. The SMILES string of the molecule is CCC(CC#N)N1CCCC1. The molecule has 1 atom stereocenters. The van der Waals surface area contributed by atoms with Crippen LogP contribution in [0.1, 0.15) is 32.6 Å². The maximum Gasteiger partial charge on any atom is 0.0638 e. The van der Waals surface area contributed by atoms with E-state index in [0.29, 0.717) is 12.5 Å². The number of nitrogens with zero attached hydrogens (tertiary/aromatic N) is 2. The van der Waals surface area contributed by atoms with E-state index in [0.717, 1.165) is 6.42 Å². The third-order valence-electron chi connectivity index (χ3n) is 2.46. The highest BCUT2D eigenvalue weighted by molar-refractivity contribution is 4.83. The van der Waals surface area contributed by atoms with Gasteiger partial charge in [0, 0.05) is 6.04 Å². The largest absolute Gasteiger partial charge is 0.299 e. The molecule has 0 aromatic rings. The summed E-state index contributed by atoms with van der Waals surface area (Å²) in [7, 11) is 0. The Kier molecular flexibility index (Phi) is 3.38. The highest BCUT2D eigenvalue weighted by Gasteiger charge is 2.19. The predicted molar refractivity (Wildman–Crippen MR) is 45.1 cm³/mol. The van der Waals surface area contributed by atoms with Crippen LogP contribution in [0, 0.1) is 11.3 Å². The van der Waals surface area contributed by atoms with Crippen LogP contribution in [0.15, 0.2) is 0 Å². The quantitative estimate of drug-likeness (QED) is 0.616. The minimum Gasteiger partial charge on any atom is -0.299 e. The van der Waals surface area contributed by atoms with Crippen LogP contribution < -0.4 is 0 Å². The number of rotatable bonds is 3. The van der Waals surface area contributed by atoms with Gasteiger partial charge in [-0.15, -0.1) is 0 Å². The molecule has 2 nitrogen and oxygen atoms in total. The monoisotopic (exact) mass is 152 g/mol. The van der Waals surface area contributed by atoms with Gasteiger partial charge in [0.05, 0.1) is 12.5 Å². The molecule has 2 heteroatoms. The third-order valence-corrected chi connectivity index (χ3v) is 2.46. The highest BCUT2D eigenvalue weighted by Crippen LogP contribution is 2.15. The molecule has 0 spiro atoms. The van der Waals surface area contributed by atoms with Crippen molar-refractivity contribution in [1.82, 2.24) is 4.90 Å². The number of hydrogen-bond acceptors (Lipinski definition) is 2. The molecule has 0 saturated carbocycles. The fourth-order valence-corrected chi connectivity index (χ4v) is 1.74. The van der Waals surface area contributed by atoms with Gasteiger partial charge in [-0.1, -0.05) is 6.92 Å². The lowest BCUT2D eigenvalue weighted by Gasteiger charge is -2.23. The van der Waals surface area contributed by atoms with Gasteiger partial charge < -0.3 is 0 Å². The molecule has 1 aliphatic rings. The van der Waals surface area contributed by atoms with Crippen molar-refractivity contribution in [3.05, 3.63) is 0 Å². The molecule has 1 aliphatic heterocycles. The molecular weight excluding hydrogens is 136 g/mol. The Morgan fingerprint density at radius 1 is 1.45 bits per heavy atom. The van der Waals surface area contributed by atoms with Crippen molar-refractivity contribution in [2.45, 2.75) is 38.6 Å². The fraction of sp³-hybridized carbons (Fsp3) is 0.889. The van der Waals surface area contributed by atoms with E-state index in [1.165, 1.54) is 25.9 Å². The molecule has 11 heavy (non-hydrogen) atoms. The fourth-order valence-electron chi connectivity index (χ4n) is 1.74. The summed E-state index contributed by atoms with van der Waals surface area (Å²) in [4.78, 5) is 2.45. The van der Waals surface area contributed by atoms with Crippen molar-refractivity contribution < 1.29 is 0 Å².